The van der Waals surface area contributed by atoms with Crippen LogP contribution in [0.3, 0.4) is 0 Å². The Labute approximate surface area is 68.6 Å². The second-order valence-electron chi connectivity index (χ2n) is 2.11. The van der Waals surface area contributed by atoms with Gasteiger partial charge in [-0.2, -0.15) is 0 Å². The highest BCUT2D eigenvalue weighted by molar-refractivity contribution is 5.76. The first-order valence-electron chi connectivity index (χ1n) is 3.23. The van der Waals surface area contributed by atoms with Crippen LogP contribution in [0.4, 0.5) is 4.53 Å². The van der Waals surface area contributed by atoms with E-state index < -0.39 is 0 Å². The van der Waals surface area contributed by atoms with Gasteiger partial charge in [0, 0.05) is 10.1 Å². The van der Waals surface area contributed by atoms with Gasteiger partial charge in [-0.25, -0.2) is 0 Å². The van der Waals surface area contributed by atoms with Crippen molar-refractivity contribution >= 4 is 6.29 Å². The SMILES string of the molecule is COc1cc(C=O)ccc1OF. The largest absolute Gasteiger partial charge is 0.493 e. The lowest BCUT2D eigenvalue weighted by Crippen LogP contribution is -1.89. The van der Waals surface area contributed by atoms with Crippen LogP contribution in [0.25, 0.3) is 0 Å². The predicted molar refractivity (Wildman–Crippen MR) is 40.1 cm³/mol. The molecule has 0 aliphatic heterocycles. The molecular formula is C8H7FO3. The zero-order chi connectivity index (χ0) is 8.97. The third-order valence-electron chi connectivity index (χ3n) is 1.41. The molecule has 0 fully saturated rings. The second kappa shape index (κ2) is 3.71. The maximum Gasteiger partial charge on any atom is 0.213 e. The fraction of sp³-hybridized carbons (Fsp3) is 0.125. The third-order valence-corrected chi connectivity index (χ3v) is 1.41. The summed E-state index contributed by atoms with van der Waals surface area (Å²) in [6, 6.07) is 4.15. The smallest absolute Gasteiger partial charge is 0.213 e. The van der Waals surface area contributed by atoms with Crippen LogP contribution in [0.15, 0.2) is 18.2 Å². The molecule has 0 spiro atoms. The van der Waals surface area contributed by atoms with E-state index in [1.807, 2.05) is 0 Å². The highest BCUT2D eigenvalue weighted by Crippen LogP contribution is 2.27. The van der Waals surface area contributed by atoms with Crippen LogP contribution >= 0.6 is 0 Å². The molecule has 0 radical (unpaired) electrons. The van der Waals surface area contributed by atoms with Crippen LogP contribution < -0.4 is 9.68 Å². The van der Waals surface area contributed by atoms with Gasteiger partial charge in [-0.3, -0.25) is 9.74 Å². The van der Waals surface area contributed by atoms with E-state index in [9.17, 15) is 9.32 Å². The summed E-state index contributed by atoms with van der Waals surface area (Å²) in [4.78, 5) is 13.8. The van der Waals surface area contributed by atoms with Gasteiger partial charge in [-0.05, 0) is 18.2 Å². The summed E-state index contributed by atoms with van der Waals surface area (Å²) in [5, 5.41) is 0. The Morgan fingerprint density at radius 1 is 1.42 bits per heavy atom. The van der Waals surface area contributed by atoms with Gasteiger partial charge in [0.05, 0.1) is 7.11 Å². The van der Waals surface area contributed by atoms with E-state index in [4.69, 9.17) is 4.74 Å². The van der Waals surface area contributed by atoms with E-state index in [2.05, 4.69) is 4.94 Å². The molecule has 0 aliphatic carbocycles. The number of aldehydes is 1. The van der Waals surface area contributed by atoms with Crippen LogP contribution in [0.1, 0.15) is 10.4 Å². The fourth-order valence-electron chi connectivity index (χ4n) is 0.821. The molecule has 0 aromatic heterocycles. The van der Waals surface area contributed by atoms with Crippen molar-refractivity contribution in [2.24, 2.45) is 0 Å². The number of methoxy groups -OCH3 is 1. The van der Waals surface area contributed by atoms with Gasteiger partial charge in [0.1, 0.15) is 6.29 Å². The van der Waals surface area contributed by atoms with Crippen LogP contribution in [-0.4, -0.2) is 13.4 Å². The van der Waals surface area contributed by atoms with E-state index in [-0.39, 0.29) is 11.5 Å². The Morgan fingerprint density at radius 3 is 2.67 bits per heavy atom. The molecule has 4 heteroatoms. The molecule has 64 valence electrons. The zero-order valence-corrected chi connectivity index (χ0v) is 6.41. The Morgan fingerprint density at radius 2 is 2.17 bits per heavy atom. The average molecular weight is 170 g/mol. The Bertz CT molecular complexity index is 286. The summed E-state index contributed by atoms with van der Waals surface area (Å²) in [5.74, 6) is 0.158. The molecule has 3 nitrogen and oxygen atoms in total. The van der Waals surface area contributed by atoms with Crippen molar-refractivity contribution < 1.29 is 19.0 Å². The molecule has 0 saturated heterocycles. The number of benzene rings is 1. The molecule has 0 amide bonds. The van der Waals surface area contributed by atoms with Crippen LogP contribution in [0.2, 0.25) is 0 Å². The number of ether oxygens (including phenoxy) is 1. The molecule has 0 bridgehead atoms. The summed E-state index contributed by atoms with van der Waals surface area (Å²) in [5.41, 5.74) is 0.410. The van der Waals surface area contributed by atoms with Crippen molar-refractivity contribution in [1.29, 1.82) is 0 Å². The van der Waals surface area contributed by atoms with E-state index in [1.165, 1.54) is 25.3 Å². The topological polar surface area (TPSA) is 35.5 Å². The molecule has 1 aromatic rings. The van der Waals surface area contributed by atoms with E-state index in [0.29, 0.717) is 11.8 Å². The Hall–Kier alpha value is -1.58. The number of rotatable bonds is 3. The Kier molecular flexibility index (Phi) is 2.63. The highest BCUT2D eigenvalue weighted by atomic mass is 19.3. The van der Waals surface area contributed by atoms with Gasteiger partial charge < -0.3 is 4.74 Å². The predicted octanol–water partition coefficient (Wildman–Crippen LogP) is 1.77. The molecule has 0 saturated carbocycles. The van der Waals surface area contributed by atoms with Gasteiger partial charge in [0.15, 0.2) is 5.75 Å². The number of carbonyl (C=O) groups is 1. The summed E-state index contributed by atoms with van der Waals surface area (Å²) in [7, 11) is 1.37. The van der Waals surface area contributed by atoms with Gasteiger partial charge in [-0.15, -0.1) is 0 Å². The molecule has 0 heterocycles. The normalized spacial score (nSPS) is 9.17. The lowest BCUT2D eigenvalue weighted by atomic mass is 10.2. The first kappa shape index (κ1) is 8.52. The summed E-state index contributed by atoms with van der Waals surface area (Å²) in [6.07, 6.45) is 0.643. The molecule has 0 aliphatic rings. The molecular weight excluding hydrogens is 163 g/mol. The lowest BCUT2D eigenvalue weighted by Gasteiger charge is -2.03. The molecule has 12 heavy (non-hydrogen) atoms. The lowest BCUT2D eigenvalue weighted by molar-refractivity contribution is -0.00897. The number of halogens is 1. The minimum Gasteiger partial charge on any atom is -0.493 e. The highest BCUT2D eigenvalue weighted by Gasteiger charge is 2.05. The van der Waals surface area contributed by atoms with Gasteiger partial charge >= 0.3 is 0 Å². The van der Waals surface area contributed by atoms with E-state index >= 15 is 0 Å². The van der Waals surface area contributed by atoms with Crippen molar-refractivity contribution in [2.75, 3.05) is 7.11 Å². The molecule has 1 rings (SSSR count). The number of hydrogen-bond acceptors (Lipinski definition) is 3. The van der Waals surface area contributed by atoms with Crippen molar-refractivity contribution in [1.82, 2.24) is 0 Å². The second-order valence-corrected chi connectivity index (χ2v) is 2.11. The minimum atomic E-state index is -0.0388. The summed E-state index contributed by atoms with van der Waals surface area (Å²) >= 11 is 0. The summed E-state index contributed by atoms with van der Waals surface area (Å²) in [6.45, 7) is 0. The first-order chi connectivity index (χ1) is 5.81. The van der Waals surface area contributed by atoms with Crippen molar-refractivity contribution in [3.8, 4) is 11.5 Å². The monoisotopic (exact) mass is 170 g/mol. The first-order valence-corrected chi connectivity index (χ1v) is 3.23. The van der Waals surface area contributed by atoms with Crippen molar-refractivity contribution in [3.05, 3.63) is 23.8 Å². The number of hydrogen-bond donors (Lipinski definition) is 0. The summed E-state index contributed by atoms with van der Waals surface area (Å²) < 4.78 is 16.5. The average Bonchev–Trinajstić information content (AvgIpc) is 2.16. The van der Waals surface area contributed by atoms with Gasteiger partial charge in [0.25, 0.3) is 0 Å². The molecule has 0 unspecified atom stereocenters. The molecule has 1 aromatic carbocycles. The van der Waals surface area contributed by atoms with Crippen LogP contribution in [0.5, 0.6) is 11.5 Å². The number of carbonyl (C=O) groups excluding carboxylic acids is 1. The fourth-order valence-corrected chi connectivity index (χ4v) is 0.821. The van der Waals surface area contributed by atoms with E-state index in [0.717, 1.165) is 0 Å². The van der Waals surface area contributed by atoms with Crippen molar-refractivity contribution in [3.63, 3.8) is 0 Å². The van der Waals surface area contributed by atoms with Crippen LogP contribution in [-0.2, 0) is 0 Å². The maximum absolute atomic E-state index is 11.7. The molecule has 0 atom stereocenters. The standard InChI is InChI=1S/C8H7FO3/c1-11-8-4-6(5-10)2-3-7(8)12-9/h2-5H,1H3. The van der Waals surface area contributed by atoms with Crippen LogP contribution in [0, 0.1) is 0 Å². The van der Waals surface area contributed by atoms with Gasteiger partial charge in [-0.1, -0.05) is 0 Å². The van der Waals surface area contributed by atoms with Crippen molar-refractivity contribution in [2.45, 2.75) is 0 Å². The van der Waals surface area contributed by atoms with E-state index in [1.54, 1.807) is 0 Å². The maximum atomic E-state index is 11.7. The van der Waals surface area contributed by atoms with Gasteiger partial charge in [0.2, 0.25) is 5.75 Å². The third kappa shape index (κ3) is 1.53. The minimum absolute atomic E-state index is 0.0388. The molecule has 0 N–H and O–H groups in total. The zero-order valence-electron chi connectivity index (χ0n) is 6.41. The quantitative estimate of drug-likeness (QED) is 0.648. The Balaban J connectivity index is 3.10.